The molecule has 12 nitrogen and oxygen atoms in total. The van der Waals surface area contributed by atoms with Crippen LogP contribution in [-0.2, 0) is 18.9 Å². The Labute approximate surface area is 874 Å². The molecule has 816 valence electrons. The van der Waals surface area contributed by atoms with Gasteiger partial charge >= 0.3 is 23.9 Å². The van der Waals surface area contributed by atoms with Crippen LogP contribution in [0.5, 0.6) is 0 Å². The summed E-state index contributed by atoms with van der Waals surface area (Å²) in [5.41, 5.74) is 2.04. The molecular formula is C124H244O12Sn. The van der Waals surface area contributed by atoms with Crippen LogP contribution in [0.4, 0.5) is 19.2 Å². The molecule has 0 radical (unpaired) electrons. The van der Waals surface area contributed by atoms with Crippen LogP contribution in [0.3, 0.4) is 0 Å². The average Bonchev–Trinajstić information content (AvgIpc) is 0.886. The molecule has 0 spiro atoms. The third-order valence-corrected chi connectivity index (χ3v) is 31.0. The van der Waals surface area contributed by atoms with Crippen molar-refractivity contribution in [1.82, 2.24) is 0 Å². The zero-order valence-corrected chi connectivity index (χ0v) is 97.8. The normalized spacial score (nSPS) is 11.6. The maximum absolute atomic E-state index is 10.5. The standard InChI is InChI=1S/4C31H62O3.Sn/c4*1-4-7-10-13-16-20-25-31(26-21-17-14-11-8-5-2,27-22-18-15-12-9-6-3)28-23-19-24-29-34-30(32)33;/h4*4-29H2,1-3H3,(H,32,33);/q;;;;+4/p-4. The van der Waals surface area contributed by atoms with E-state index in [1.807, 2.05) is 0 Å². The predicted octanol–water partition coefficient (Wildman–Crippen LogP) is 40.2. The van der Waals surface area contributed by atoms with Crippen molar-refractivity contribution in [2.75, 3.05) is 26.4 Å². The fourth-order valence-electron chi connectivity index (χ4n) is 22.1. The summed E-state index contributed by atoms with van der Waals surface area (Å²) in [4.78, 5) is 42.0. The van der Waals surface area contributed by atoms with E-state index in [0.29, 0.717) is 48.1 Å². The van der Waals surface area contributed by atoms with Gasteiger partial charge in [-0.25, -0.2) is 0 Å². The molecule has 0 aromatic carbocycles. The van der Waals surface area contributed by atoms with Crippen LogP contribution in [0.15, 0.2) is 0 Å². The molecule has 13 heteroatoms. The van der Waals surface area contributed by atoms with Crippen LogP contribution < -0.4 is 20.4 Å². The second-order valence-corrected chi connectivity index (χ2v) is 43.8. The topological polar surface area (TPSA) is 197 Å². The fraction of sp³-hybridized carbons (Fsp3) is 0.968. The molecule has 0 bridgehead atoms. The van der Waals surface area contributed by atoms with E-state index >= 15 is 0 Å². The van der Waals surface area contributed by atoms with Crippen molar-refractivity contribution >= 4 is 48.5 Å². The Bertz CT molecular complexity index is 1840. The third-order valence-electron chi connectivity index (χ3n) is 31.0. The van der Waals surface area contributed by atoms with Gasteiger partial charge in [-0.1, -0.05) is 597 Å². The van der Waals surface area contributed by atoms with Gasteiger partial charge in [0, 0.05) is 26.4 Å². The number of carbonyl (C=O) groups is 4. The second kappa shape index (κ2) is 117. The quantitative estimate of drug-likeness (QED) is 0.0242. The molecule has 0 aliphatic carbocycles. The van der Waals surface area contributed by atoms with Crippen molar-refractivity contribution in [2.24, 2.45) is 21.7 Å². The van der Waals surface area contributed by atoms with Crippen molar-refractivity contribution in [3.05, 3.63) is 0 Å². The molecule has 0 aliphatic rings. The van der Waals surface area contributed by atoms with E-state index in [4.69, 9.17) is 0 Å². The molecule has 0 heterocycles. The molecule has 0 atom stereocenters. The molecule has 0 N–H and O–H groups in total. The van der Waals surface area contributed by atoms with E-state index in [9.17, 15) is 39.6 Å². The average molecular weight is 2050 g/mol. The van der Waals surface area contributed by atoms with E-state index in [1.165, 1.54) is 591 Å². The molecule has 0 saturated heterocycles. The maximum Gasteiger partial charge on any atom is 4.00 e. The summed E-state index contributed by atoms with van der Waals surface area (Å²) >= 11 is 0. The molecule has 0 aliphatic heterocycles. The van der Waals surface area contributed by atoms with Crippen LogP contribution >= 0.6 is 0 Å². The van der Waals surface area contributed by atoms with Crippen LogP contribution in [0.2, 0.25) is 0 Å². The van der Waals surface area contributed by atoms with Crippen LogP contribution in [-0.4, -0.2) is 75.0 Å². The SMILES string of the molecule is CCCCCCCCC(CCCCCCCC)(CCCCCCCC)CCCCCOC(=O)[O-].CCCCCCCCC(CCCCCCCC)(CCCCCCCC)CCCCCOC(=O)[O-].CCCCCCCCC(CCCCCCCC)(CCCCCCCC)CCCCCOC(=O)[O-].CCCCCCCCC(CCCCCCCC)(CCCCCCCC)CCCCCOC(=O)[O-].[Sn+4]. The second-order valence-electron chi connectivity index (χ2n) is 43.8. The molecular weight excluding hydrogens is 1800 g/mol. The first-order chi connectivity index (χ1) is 66.4. The zero-order chi connectivity index (χ0) is 101. The molecule has 0 aromatic heterocycles. The van der Waals surface area contributed by atoms with Crippen LogP contribution in [0.1, 0.15) is 725 Å². The van der Waals surface area contributed by atoms with Gasteiger partial charge in [0.2, 0.25) is 0 Å². The number of hydrogen-bond acceptors (Lipinski definition) is 12. The van der Waals surface area contributed by atoms with E-state index < -0.39 is 24.6 Å². The first-order valence-corrected chi connectivity index (χ1v) is 61.7. The monoisotopic (exact) mass is 2050 g/mol. The Morgan fingerprint density at radius 3 is 0.285 bits per heavy atom. The van der Waals surface area contributed by atoms with Gasteiger partial charge in [-0.15, -0.1) is 0 Å². The van der Waals surface area contributed by atoms with Crippen molar-refractivity contribution in [3.8, 4) is 0 Å². The zero-order valence-electron chi connectivity index (χ0n) is 94.9. The van der Waals surface area contributed by atoms with Crippen molar-refractivity contribution in [1.29, 1.82) is 0 Å². The molecule has 0 fully saturated rings. The fourth-order valence-corrected chi connectivity index (χ4v) is 22.1. The number of unbranched alkanes of at least 4 members (excludes halogenated alkanes) is 68. The van der Waals surface area contributed by atoms with E-state index in [1.54, 1.807) is 0 Å². The Hall–Kier alpha value is -2.12. The predicted molar refractivity (Wildman–Crippen MR) is 591 cm³/mol. The molecule has 137 heavy (non-hydrogen) atoms. The van der Waals surface area contributed by atoms with Gasteiger partial charge < -0.3 is 58.6 Å². The van der Waals surface area contributed by atoms with Crippen molar-refractivity contribution in [3.63, 3.8) is 0 Å². The van der Waals surface area contributed by atoms with Gasteiger partial charge in [0.15, 0.2) is 0 Å². The van der Waals surface area contributed by atoms with Gasteiger partial charge in [0.1, 0.15) is 0 Å². The molecule has 0 amide bonds. The molecule has 0 aromatic rings. The van der Waals surface area contributed by atoms with E-state index in [0.717, 1.165) is 51.4 Å². The first-order valence-electron chi connectivity index (χ1n) is 61.7. The Kier molecular flexibility index (Phi) is 123. The Morgan fingerprint density at radius 1 is 0.131 bits per heavy atom. The summed E-state index contributed by atoms with van der Waals surface area (Å²) in [6, 6.07) is 0. The number of hydrogen-bond donors (Lipinski definition) is 0. The summed E-state index contributed by atoms with van der Waals surface area (Å²) in [7, 11) is 0. The molecule has 0 rings (SSSR count). The number of carboxylic acid groups (broad SMARTS) is 4. The summed E-state index contributed by atoms with van der Waals surface area (Å²) < 4.78 is 18.5. The minimum Gasteiger partial charge on any atom is -0.550 e. The van der Waals surface area contributed by atoms with Gasteiger partial charge in [-0.2, -0.15) is 0 Å². The largest absolute Gasteiger partial charge is 4.00 e. The van der Waals surface area contributed by atoms with Gasteiger partial charge in [0.05, 0.1) is 0 Å². The van der Waals surface area contributed by atoms with Gasteiger partial charge in [-0.05, 0) is 150 Å². The summed E-state index contributed by atoms with van der Waals surface area (Å²) in [5.74, 6) is 0. The molecule has 0 saturated carbocycles. The number of carbonyl (C=O) groups excluding carboxylic acids is 4. The number of ether oxygens (including phenoxy) is 4. The minimum atomic E-state index is -1.39. The number of rotatable bonds is 108. The minimum absolute atomic E-state index is 0. The Morgan fingerprint density at radius 2 is 0.204 bits per heavy atom. The summed E-state index contributed by atoms with van der Waals surface area (Å²) in [5, 5.41) is 42.0. The first kappa shape index (κ1) is 143. The third kappa shape index (κ3) is 109. The summed E-state index contributed by atoms with van der Waals surface area (Å²) in [6.07, 6.45) is 128. The maximum atomic E-state index is 10.5. The molecule has 0 unspecified atom stereocenters. The van der Waals surface area contributed by atoms with Gasteiger partial charge in [-0.3, -0.25) is 0 Å². The Balaban J connectivity index is -0.000000564. The van der Waals surface area contributed by atoms with E-state index in [-0.39, 0.29) is 23.9 Å². The van der Waals surface area contributed by atoms with Crippen LogP contribution in [0.25, 0.3) is 0 Å². The van der Waals surface area contributed by atoms with E-state index in [2.05, 4.69) is 102 Å². The van der Waals surface area contributed by atoms with Crippen LogP contribution in [0, 0.1) is 21.7 Å². The van der Waals surface area contributed by atoms with Crippen molar-refractivity contribution < 1.29 is 58.6 Å². The summed E-state index contributed by atoms with van der Waals surface area (Å²) in [6.45, 7) is 28.7. The van der Waals surface area contributed by atoms with Crippen molar-refractivity contribution in [2.45, 2.75) is 725 Å². The van der Waals surface area contributed by atoms with Gasteiger partial charge in [0.25, 0.3) is 24.6 Å². The smallest absolute Gasteiger partial charge is 0.550 e.